The van der Waals surface area contributed by atoms with Crippen LogP contribution in [0.1, 0.15) is 22.0 Å². The molecule has 122 valence electrons. The molecule has 1 aliphatic rings. The average molecular weight is 332 g/mol. The number of methoxy groups -OCH3 is 2. The number of thiophene rings is 1. The molecule has 0 saturated carbocycles. The highest BCUT2D eigenvalue weighted by molar-refractivity contribution is 7.10. The molecule has 1 aliphatic heterocycles. The van der Waals surface area contributed by atoms with Crippen LogP contribution in [-0.4, -0.2) is 19.3 Å². The number of nitrogens with two attached hydrogens (primary N) is 1. The predicted octanol–water partition coefficient (Wildman–Crippen LogP) is 3.36. The number of hydrogen-bond acceptors (Lipinski definition) is 6. The molecule has 1 atom stereocenters. The Labute approximate surface area is 139 Å². The van der Waals surface area contributed by atoms with Crippen molar-refractivity contribution in [2.24, 2.45) is 5.73 Å². The summed E-state index contributed by atoms with van der Waals surface area (Å²) in [5.41, 5.74) is 8.14. The van der Waals surface area contributed by atoms with Gasteiger partial charge in [0.1, 0.15) is 17.5 Å². The lowest BCUT2D eigenvalue weighted by Crippen LogP contribution is -2.23. The fourth-order valence-corrected chi connectivity index (χ4v) is 3.63. The second kappa shape index (κ2) is 6.52. The molecular formula is C17H20N2O3S. The van der Waals surface area contributed by atoms with Gasteiger partial charge in [-0.05, 0) is 30.0 Å². The second-order valence-corrected chi connectivity index (χ2v) is 6.27. The number of hydroxylamine groups is 2. The Morgan fingerprint density at radius 2 is 2.09 bits per heavy atom. The molecule has 0 spiro atoms. The van der Waals surface area contributed by atoms with Crippen molar-refractivity contribution in [1.82, 2.24) is 5.06 Å². The van der Waals surface area contributed by atoms with E-state index in [1.807, 2.05) is 29.3 Å². The van der Waals surface area contributed by atoms with E-state index in [1.165, 1.54) is 10.4 Å². The summed E-state index contributed by atoms with van der Waals surface area (Å²) in [6.07, 6.45) is 1.94. The number of benzene rings is 1. The molecule has 0 aliphatic carbocycles. The van der Waals surface area contributed by atoms with Gasteiger partial charge in [-0.25, -0.2) is 0 Å². The zero-order valence-corrected chi connectivity index (χ0v) is 14.2. The molecule has 23 heavy (non-hydrogen) atoms. The van der Waals surface area contributed by atoms with Gasteiger partial charge in [0.15, 0.2) is 0 Å². The van der Waals surface area contributed by atoms with Gasteiger partial charge in [-0.1, -0.05) is 6.07 Å². The summed E-state index contributed by atoms with van der Waals surface area (Å²) in [5.74, 6) is 1.95. The van der Waals surface area contributed by atoms with E-state index in [9.17, 15) is 0 Å². The third kappa shape index (κ3) is 3.13. The van der Waals surface area contributed by atoms with Crippen LogP contribution in [0.5, 0.6) is 11.5 Å². The molecule has 2 heterocycles. The van der Waals surface area contributed by atoms with Crippen molar-refractivity contribution < 1.29 is 14.3 Å². The van der Waals surface area contributed by atoms with Gasteiger partial charge in [-0.2, -0.15) is 0 Å². The minimum atomic E-state index is 0.0156. The van der Waals surface area contributed by atoms with Gasteiger partial charge < -0.3 is 20.0 Å². The molecule has 5 nitrogen and oxygen atoms in total. The molecule has 0 radical (unpaired) electrons. The monoisotopic (exact) mass is 332 g/mol. The number of hydrogen-bond donors (Lipinski definition) is 1. The van der Waals surface area contributed by atoms with Crippen LogP contribution >= 0.6 is 11.3 Å². The number of ether oxygens (including phenoxy) is 2. The van der Waals surface area contributed by atoms with Crippen LogP contribution in [0.2, 0.25) is 0 Å². The summed E-state index contributed by atoms with van der Waals surface area (Å²) in [6.45, 7) is 2.66. The molecule has 2 aromatic rings. The summed E-state index contributed by atoms with van der Waals surface area (Å²) in [4.78, 5) is 6.94. The van der Waals surface area contributed by atoms with E-state index in [-0.39, 0.29) is 6.04 Å². The summed E-state index contributed by atoms with van der Waals surface area (Å²) in [5, 5.41) is 3.96. The van der Waals surface area contributed by atoms with E-state index in [2.05, 4.69) is 18.4 Å². The number of nitrogens with zero attached hydrogens (tertiary/aromatic N) is 1. The van der Waals surface area contributed by atoms with Crippen LogP contribution in [0, 0.1) is 6.92 Å². The van der Waals surface area contributed by atoms with Gasteiger partial charge in [-0.15, -0.1) is 16.4 Å². The van der Waals surface area contributed by atoms with Crippen LogP contribution in [0.4, 0.5) is 0 Å². The van der Waals surface area contributed by atoms with E-state index in [4.69, 9.17) is 20.0 Å². The Hall–Kier alpha value is -2.18. The molecule has 0 saturated heterocycles. The Kier molecular flexibility index (Phi) is 4.45. The molecule has 6 heteroatoms. The van der Waals surface area contributed by atoms with Crippen molar-refractivity contribution in [2.75, 3.05) is 14.2 Å². The Morgan fingerprint density at radius 1 is 1.26 bits per heavy atom. The molecule has 0 amide bonds. The summed E-state index contributed by atoms with van der Waals surface area (Å²) in [7, 11) is 3.29. The van der Waals surface area contributed by atoms with Gasteiger partial charge in [0.25, 0.3) is 0 Å². The quantitative estimate of drug-likeness (QED) is 0.910. The fourth-order valence-electron chi connectivity index (χ4n) is 2.64. The maximum atomic E-state index is 5.89. The van der Waals surface area contributed by atoms with Gasteiger partial charge in [0, 0.05) is 22.6 Å². The first-order valence-electron chi connectivity index (χ1n) is 7.29. The molecule has 3 rings (SSSR count). The van der Waals surface area contributed by atoms with Crippen LogP contribution in [0.15, 0.2) is 41.6 Å². The van der Waals surface area contributed by atoms with Crippen LogP contribution in [0.3, 0.4) is 0 Å². The van der Waals surface area contributed by atoms with Gasteiger partial charge in [0.2, 0.25) is 5.88 Å². The smallest absolute Gasteiger partial charge is 0.207 e. The zero-order chi connectivity index (χ0) is 16.4. The molecule has 1 aromatic heterocycles. The minimum absolute atomic E-state index is 0.0156. The van der Waals surface area contributed by atoms with E-state index in [0.29, 0.717) is 12.4 Å². The first kappa shape index (κ1) is 15.7. The van der Waals surface area contributed by atoms with Crippen molar-refractivity contribution in [2.45, 2.75) is 19.5 Å². The fraction of sp³-hybridized carbons (Fsp3) is 0.294. The lowest BCUT2D eigenvalue weighted by molar-refractivity contribution is -0.127. The lowest BCUT2D eigenvalue weighted by atomic mass is 10.1. The maximum absolute atomic E-state index is 5.89. The molecular weight excluding hydrogens is 312 g/mol. The number of rotatable bonds is 5. The second-order valence-electron chi connectivity index (χ2n) is 5.33. The van der Waals surface area contributed by atoms with Crippen molar-refractivity contribution in [3.05, 3.63) is 57.6 Å². The van der Waals surface area contributed by atoms with E-state index in [0.717, 1.165) is 17.1 Å². The molecule has 1 unspecified atom stereocenters. The first-order valence-corrected chi connectivity index (χ1v) is 8.17. The van der Waals surface area contributed by atoms with Crippen LogP contribution < -0.4 is 15.2 Å². The van der Waals surface area contributed by atoms with Crippen molar-refractivity contribution >= 4 is 11.3 Å². The zero-order valence-electron chi connectivity index (χ0n) is 13.4. The van der Waals surface area contributed by atoms with Crippen molar-refractivity contribution in [1.29, 1.82) is 0 Å². The van der Waals surface area contributed by atoms with Crippen LogP contribution in [0.25, 0.3) is 0 Å². The van der Waals surface area contributed by atoms with Crippen molar-refractivity contribution in [3.63, 3.8) is 0 Å². The summed E-state index contributed by atoms with van der Waals surface area (Å²) < 4.78 is 10.7. The van der Waals surface area contributed by atoms with E-state index < -0.39 is 0 Å². The largest absolute Gasteiger partial charge is 0.497 e. The molecule has 2 N–H and O–H groups in total. The molecule has 1 aromatic carbocycles. The Bertz CT molecular complexity index is 726. The maximum Gasteiger partial charge on any atom is 0.207 e. The van der Waals surface area contributed by atoms with Gasteiger partial charge in [-0.3, -0.25) is 0 Å². The standard InChI is InChI=1S/C17H20N2O3S/c1-11-6-7-23-17(11)14-9-16(18)22-19(14)10-12-4-5-13(20-2)8-15(12)21-3/h4-9,14H,10,18H2,1-3H3. The van der Waals surface area contributed by atoms with Crippen LogP contribution in [-0.2, 0) is 11.4 Å². The third-order valence-corrected chi connectivity index (χ3v) is 4.94. The normalized spacial score (nSPS) is 17.7. The topological polar surface area (TPSA) is 57.0 Å². The van der Waals surface area contributed by atoms with Gasteiger partial charge >= 0.3 is 0 Å². The molecule has 0 bridgehead atoms. The molecule has 0 fully saturated rings. The minimum Gasteiger partial charge on any atom is -0.497 e. The highest BCUT2D eigenvalue weighted by atomic mass is 32.1. The lowest BCUT2D eigenvalue weighted by Gasteiger charge is -2.23. The third-order valence-electron chi connectivity index (χ3n) is 3.85. The Balaban J connectivity index is 1.86. The summed E-state index contributed by atoms with van der Waals surface area (Å²) in [6, 6.07) is 7.88. The first-order chi connectivity index (χ1) is 11.1. The van der Waals surface area contributed by atoms with E-state index in [1.54, 1.807) is 25.6 Å². The van der Waals surface area contributed by atoms with Crippen molar-refractivity contribution in [3.8, 4) is 11.5 Å². The Morgan fingerprint density at radius 3 is 2.74 bits per heavy atom. The van der Waals surface area contributed by atoms with Gasteiger partial charge in [0.05, 0.1) is 20.8 Å². The highest BCUT2D eigenvalue weighted by Crippen LogP contribution is 2.37. The average Bonchev–Trinajstić information content (AvgIpc) is 3.13. The summed E-state index contributed by atoms with van der Waals surface area (Å²) >= 11 is 1.71. The number of aryl methyl sites for hydroxylation is 1. The predicted molar refractivity (Wildman–Crippen MR) is 90.2 cm³/mol. The highest BCUT2D eigenvalue weighted by Gasteiger charge is 2.30. The SMILES string of the molecule is COc1ccc(CN2OC(N)=CC2c2sccc2C)c(OC)c1. The van der Waals surface area contributed by atoms with E-state index >= 15 is 0 Å².